The van der Waals surface area contributed by atoms with E-state index in [0.29, 0.717) is 0 Å². The highest BCUT2D eigenvalue weighted by Gasteiger charge is 2.30. The number of halogens is 3. The van der Waals surface area contributed by atoms with Crippen molar-refractivity contribution in [3.8, 4) is 0 Å². The lowest BCUT2D eigenvalue weighted by Crippen LogP contribution is -2.23. The van der Waals surface area contributed by atoms with Crippen molar-refractivity contribution in [1.29, 1.82) is 0 Å². The largest absolute Gasteiger partial charge is 0.416 e. The number of hydrogen-bond acceptors (Lipinski definition) is 0. The van der Waals surface area contributed by atoms with Crippen LogP contribution in [-0.4, -0.2) is 0 Å². The smallest absolute Gasteiger partial charge is 0.166 e. The third-order valence-electron chi connectivity index (χ3n) is 6.90. The predicted molar refractivity (Wildman–Crippen MR) is 110 cm³/mol. The number of allylic oxidation sites excluding steroid dienone is 3. The lowest BCUT2D eigenvalue weighted by molar-refractivity contribution is -0.137. The Balaban J connectivity index is 1.39. The normalized spacial score (nSPS) is 26.0. The van der Waals surface area contributed by atoms with Gasteiger partial charge in [-0.2, -0.15) is 13.2 Å². The summed E-state index contributed by atoms with van der Waals surface area (Å²) in [5, 5.41) is 0. The molecule has 0 radical (unpaired) electrons. The second kappa shape index (κ2) is 9.80. The Morgan fingerprint density at radius 2 is 1.64 bits per heavy atom. The van der Waals surface area contributed by atoms with Gasteiger partial charge < -0.3 is 0 Å². The zero-order valence-electron chi connectivity index (χ0n) is 16.8. The molecule has 0 amide bonds. The molecule has 0 aromatic heterocycles. The summed E-state index contributed by atoms with van der Waals surface area (Å²) in [6, 6.07) is 5.72. The molecule has 0 spiro atoms. The molecule has 1 atom stereocenters. The van der Waals surface area contributed by atoms with Gasteiger partial charge in [0, 0.05) is 0 Å². The molecule has 1 aromatic carbocycles. The van der Waals surface area contributed by atoms with Gasteiger partial charge in [-0.3, -0.25) is 0 Å². The number of benzene rings is 1. The van der Waals surface area contributed by atoms with Crippen molar-refractivity contribution >= 4 is 0 Å². The van der Waals surface area contributed by atoms with E-state index in [4.69, 9.17) is 0 Å². The molecule has 3 heteroatoms. The van der Waals surface area contributed by atoms with Gasteiger partial charge in [0.05, 0.1) is 5.56 Å². The molecule has 2 aliphatic rings. The van der Waals surface area contributed by atoms with Gasteiger partial charge in [-0.1, -0.05) is 42.7 Å². The maximum atomic E-state index is 12.7. The van der Waals surface area contributed by atoms with Gasteiger partial charge in [0.15, 0.2) is 0 Å². The summed E-state index contributed by atoms with van der Waals surface area (Å²) in [6.07, 6.45) is 13.7. The molecule has 1 fully saturated rings. The van der Waals surface area contributed by atoms with Crippen molar-refractivity contribution in [2.75, 3.05) is 0 Å². The SMILES string of the molecule is C=CCCC1=CCC(C2CCC(CCc3ccc(C(F)(F)F)cc3)CC2)CC1. The van der Waals surface area contributed by atoms with Crippen molar-refractivity contribution in [3.63, 3.8) is 0 Å². The minimum Gasteiger partial charge on any atom is -0.166 e. The quantitative estimate of drug-likeness (QED) is 0.412. The van der Waals surface area contributed by atoms with E-state index in [1.807, 2.05) is 6.08 Å². The molecule has 0 bridgehead atoms. The van der Waals surface area contributed by atoms with Crippen LogP contribution in [0.1, 0.15) is 75.3 Å². The molecule has 0 N–H and O–H groups in total. The summed E-state index contributed by atoms with van der Waals surface area (Å²) in [6.45, 7) is 3.82. The molecule has 0 heterocycles. The monoisotopic (exact) mass is 390 g/mol. The highest BCUT2D eigenvalue weighted by molar-refractivity contribution is 5.24. The first kappa shape index (κ1) is 21.2. The van der Waals surface area contributed by atoms with Crippen LogP contribution in [0.5, 0.6) is 0 Å². The molecular weight excluding hydrogens is 357 g/mol. The average molecular weight is 391 g/mol. The topological polar surface area (TPSA) is 0 Å². The number of aryl methyl sites for hydroxylation is 1. The maximum absolute atomic E-state index is 12.7. The molecule has 1 saturated carbocycles. The van der Waals surface area contributed by atoms with Gasteiger partial charge in [0.25, 0.3) is 0 Å². The summed E-state index contributed by atoms with van der Waals surface area (Å²) in [5.74, 6) is 2.48. The average Bonchev–Trinajstić information content (AvgIpc) is 2.71. The Hall–Kier alpha value is -1.51. The van der Waals surface area contributed by atoms with E-state index in [1.54, 1.807) is 17.7 Å². The molecule has 28 heavy (non-hydrogen) atoms. The molecular formula is C25H33F3. The van der Waals surface area contributed by atoms with E-state index in [0.717, 1.165) is 42.6 Å². The minimum atomic E-state index is -4.24. The number of hydrogen-bond donors (Lipinski definition) is 0. The van der Waals surface area contributed by atoms with Crippen LogP contribution in [0, 0.1) is 17.8 Å². The lowest BCUT2D eigenvalue weighted by atomic mass is 9.70. The summed E-state index contributed by atoms with van der Waals surface area (Å²) >= 11 is 0. The van der Waals surface area contributed by atoms with Crippen LogP contribution in [0.4, 0.5) is 13.2 Å². The van der Waals surface area contributed by atoms with Gasteiger partial charge in [0.1, 0.15) is 0 Å². The minimum absolute atomic E-state index is 0.550. The van der Waals surface area contributed by atoms with E-state index in [1.165, 1.54) is 63.5 Å². The first-order chi connectivity index (χ1) is 13.5. The molecule has 0 aliphatic heterocycles. The van der Waals surface area contributed by atoms with Crippen LogP contribution in [0.2, 0.25) is 0 Å². The Bertz CT molecular complexity index is 645. The Morgan fingerprint density at radius 1 is 0.929 bits per heavy atom. The fourth-order valence-corrected chi connectivity index (χ4v) is 5.03. The summed E-state index contributed by atoms with van der Waals surface area (Å²) < 4.78 is 38.0. The van der Waals surface area contributed by atoms with Gasteiger partial charge in [-0.05, 0) is 93.2 Å². The summed E-state index contributed by atoms with van der Waals surface area (Å²) in [4.78, 5) is 0. The van der Waals surface area contributed by atoms with Crippen LogP contribution < -0.4 is 0 Å². The van der Waals surface area contributed by atoms with E-state index < -0.39 is 11.7 Å². The van der Waals surface area contributed by atoms with E-state index in [9.17, 15) is 13.2 Å². The van der Waals surface area contributed by atoms with Gasteiger partial charge in [-0.25, -0.2) is 0 Å². The zero-order valence-corrected chi connectivity index (χ0v) is 16.8. The number of rotatable bonds is 7. The summed E-state index contributed by atoms with van der Waals surface area (Å²) in [7, 11) is 0. The number of alkyl halides is 3. The van der Waals surface area contributed by atoms with Crippen LogP contribution in [0.3, 0.4) is 0 Å². The highest BCUT2D eigenvalue weighted by Crippen LogP contribution is 2.41. The van der Waals surface area contributed by atoms with Gasteiger partial charge in [-0.15, -0.1) is 6.58 Å². The first-order valence-corrected chi connectivity index (χ1v) is 10.9. The van der Waals surface area contributed by atoms with Crippen LogP contribution in [0.15, 0.2) is 48.6 Å². The fourth-order valence-electron chi connectivity index (χ4n) is 5.03. The Labute approximate surface area is 167 Å². The van der Waals surface area contributed by atoms with E-state index in [2.05, 4.69) is 12.7 Å². The molecule has 0 saturated heterocycles. The van der Waals surface area contributed by atoms with E-state index in [-0.39, 0.29) is 0 Å². The van der Waals surface area contributed by atoms with Gasteiger partial charge in [0.2, 0.25) is 0 Å². The molecule has 1 aromatic rings. The van der Waals surface area contributed by atoms with Crippen LogP contribution >= 0.6 is 0 Å². The molecule has 154 valence electrons. The van der Waals surface area contributed by atoms with Crippen molar-refractivity contribution in [2.45, 2.75) is 76.8 Å². The maximum Gasteiger partial charge on any atom is 0.416 e. The van der Waals surface area contributed by atoms with Crippen molar-refractivity contribution in [2.24, 2.45) is 17.8 Å². The molecule has 2 aliphatic carbocycles. The standard InChI is InChI=1S/C25H33F3/c1-2-3-4-19-7-13-22(14-8-19)23-15-9-20(10-16-23)5-6-21-11-17-24(18-12-21)25(26,27)28/h2,7,11-12,17-18,20,22-23H,1,3-6,8-10,13-16H2. The van der Waals surface area contributed by atoms with Gasteiger partial charge >= 0.3 is 6.18 Å². The van der Waals surface area contributed by atoms with Crippen molar-refractivity contribution < 1.29 is 13.2 Å². The molecule has 1 unspecified atom stereocenters. The predicted octanol–water partition coefficient (Wildman–Crippen LogP) is 8.14. The Kier molecular flexibility index (Phi) is 7.42. The van der Waals surface area contributed by atoms with Crippen LogP contribution in [-0.2, 0) is 12.6 Å². The second-order valence-corrected chi connectivity index (χ2v) is 8.74. The second-order valence-electron chi connectivity index (χ2n) is 8.74. The fraction of sp³-hybridized carbons (Fsp3) is 0.600. The molecule has 0 nitrogen and oxygen atoms in total. The lowest BCUT2D eigenvalue weighted by Gasteiger charge is -2.35. The summed E-state index contributed by atoms with van der Waals surface area (Å²) in [5.41, 5.74) is 2.10. The third-order valence-corrected chi connectivity index (χ3v) is 6.90. The van der Waals surface area contributed by atoms with E-state index >= 15 is 0 Å². The highest BCUT2D eigenvalue weighted by atomic mass is 19.4. The first-order valence-electron chi connectivity index (χ1n) is 10.9. The molecule has 3 rings (SSSR count). The Morgan fingerprint density at radius 3 is 2.21 bits per heavy atom. The van der Waals surface area contributed by atoms with Crippen molar-refractivity contribution in [1.82, 2.24) is 0 Å². The van der Waals surface area contributed by atoms with Crippen LogP contribution in [0.25, 0.3) is 0 Å². The third kappa shape index (κ3) is 5.99. The van der Waals surface area contributed by atoms with Crippen molar-refractivity contribution in [3.05, 3.63) is 59.7 Å². The zero-order chi connectivity index (χ0) is 20.0.